The largest absolute Gasteiger partial charge is 0.464 e. The van der Waals surface area contributed by atoms with Crippen LogP contribution in [0.15, 0.2) is 0 Å². The third kappa shape index (κ3) is 29.7. The summed E-state index contributed by atoms with van der Waals surface area (Å²) in [5, 5.41) is 5.39. The van der Waals surface area contributed by atoms with E-state index in [-0.39, 0.29) is 78.6 Å². The molecule has 0 aliphatic heterocycles. The molecule has 2 atom stereocenters. The van der Waals surface area contributed by atoms with Gasteiger partial charge in [0.25, 0.3) is 0 Å². The van der Waals surface area contributed by atoms with Crippen molar-refractivity contribution in [3.8, 4) is 0 Å². The fourth-order valence-electron chi connectivity index (χ4n) is 6.49. The van der Waals surface area contributed by atoms with Crippen LogP contribution in [0.4, 0.5) is 0 Å². The number of ether oxygens (including phenoxy) is 1. The zero-order valence-corrected chi connectivity index (χ0v) is 52.5. The van der Waals surface area contributed by atoms with Gasteiger partial charge in [-0.05, 0) is 27.2 Å². The Morgan fingerprint density at radius 2 is 0.704 bits per heavy atom. The maximum absolute atomic E-state index is 13.0. The Kier molecular flexibility index (Phi) is 33.1. The van der Waals surface area contributed by atoms with Crippen LogP contribution in [0.2, 0.25) is 0 Å². The van der Waals surface area contributed by atoms with Crippen LogP contribution in [-0.2, 0) is 71.9 Å². The van der Waals surface area contributed by atoms with E-state index in [0.29, 0.717) is 6.42 Å². The molecule has 2 N–H and O–H groups in total. The third-order valence-electron chi connectivity index (χ3n) is 12.3. The molecule has 0 aromatic heterocycles. The van der Waals surface area contributed by atoms with Crippen LogP contribution in [0.3, 0.4) is 0 Å². The molecule has 460 valence electrons. The van der Waals surface area contributed by atoms with E-state index in [2.05, 4.69) is 10.6 Å². The molecule has 81 heavy (non-hydrogen) atoms. The highest BCUT2D eigenvalue weighted by Gasteiger charge is 2.28. The van der Waals surface area contributed by atoms with Gasteiger partial charge < -0.3 is 64.4 Å². The van der Waals surface area contributed by atoms with Gasteiger partial charge in [0.2, 0.25) is 70.9 Å². The van der Waals surface area contributed by atoms with Crippen molar-refractivity contribution in [2.75, 3.05) is 149 Å². The molecule has 0 radical (unpaired) electrons. The minimum atomic E-state index is -0.741. The van der Waals surface area contributed by atoms with E-state index in [1.165, 1.54) is 75.4 Å². The highest BCUT2D eigenvalue weighted by atomic mass is 33.1. The molecule has 0 heterocycles. The minimum Gasteiger partial charge on any atom is -0.464 e. The molecular weight excluding hydrogens is 1100 g/mol. The number of Topliss-reactive ketones (excluding diaryl/α,β-unsaturated/α-hetero) is 1. The van der Waals surface area contributed by atoms with Crippen LogP contribution in [0.25, 0.3) is 0 Å². The Morgan fingerprint density at radius 1 is 0.407 bits per heavy atom. The van der Waals surface area contributed by atoms with Crippen molar-refractivity contribution >= 4 is 104 Å². The summed E-state index contributed by atoms with van der Waals surface area (Å²) in [6, 6.07) is -0.741. The zero-order valence-electron chi connectivity index (χ0n) is 50.8. The van der Waals surface area contributed by atoms with Crippen LogP contribution < -0.4 is 10.6 Å². The van der Waals surface area contributed by atoms with Gasteiger partial charge in [-0.25, -0.2) is 0 Å². The Balaban J connectivity index is 4.82. The number of rotatable bonds is 35. The molecule has 0 rings (SSSR count). The Bertz CT molecular complexity index is 2250. The predicted molar refractivity (Wildman–Crippen MR) is 305 cm³/mol. The summed E-state index contributed by atoms with van der Waals surface area (Å²) in [6.07, 6.45) is 0.763. The monoisotopic (exact) mass is 1190 g/mol. The van der Waals surface area contributed by atoms with Crippen LogP contribution in [0.1, 0.15) is 74.7 Å². The van der Waals surface area contributed by atoms with Crippen LogP contribution >= 0.6 is 21.6 Å². The van der Waals surface area contributed by atoms with Gasteiger partial charge in [-0.1, -0.05) is 56.2 Å². The van der Waals surface area contributed by atoms with E-state index < -0.39 is 123 Å². The lowest BCUT2D eigenvalue weighted by molar-refractivity contribution is -0.148. The van der Waals surface area contributed by atoms with E-state index in [0.717, 1.165) is 44.1 Å². The van der Waals surface area contributed by atoms with Gasteiger partial charge in [0, 0.05) is 101 Å². The lowest BCUT2D eigenvalue weighted by Gasteiger charge is -2.27. The van der Waals surface area contributed by atoms with Gasteiger partial charge in [0.15, 0.2) is 5.78 Å². The molecule has 0 fully saturated rings. The summed E-state index contributed by atoms with van der Waals surface area (Å²) in [4.78, 5) is 189. The van der Waals surface area contributed by atoms with Gasteiger partial charge in [-0.15, -0.1) is 0 Å². The number of amides is 12. The Morgan fingerprint density at radius 3 is 1.00 bits per heavy atom. The fourth-order valence-corrected chi connectivity index (χ4v) is 8.94. The number of carbonyl (C=O) groups excluding carboxylic acids is 14. The first-order chi connectivity index (χ1) is 37.3. The van der Waals surface area contributed by atoms with Gasteiger partial charge >= 0.3 is 5.97 Å². The molecule has 0 aliphatic rings. The summed E-state index contributed by atoms with van der Waals surface area (Å²) in [5.74, 6) is -7.66. The summed E-state index contributed by atoms with van der Waals surface area (Å²) in [5.41, 5.74) is 0. The molecule has 1 unspecified atom stereocenters. The fraction of sp³-hybridized carbons (Fsp3) is 0.731. The van der Waals surface area contributed by atoms with Gasteiger partial charge in [0.05, 0.1) is 82.2 Å². The molecule has 12 amide bonds. The average molecular weight is 1190 g/mol. The van der Waals surface area contributed by atoms with Gasteiger partial charge in [-0.2, -0.15) is 0 Å². The van der Waals surface area contributed by atoms with E-state index >= 15 is 0 Å². The Hall–Kier alpha value is -6.52. The minimum absolute atomic E-state index is 0.0603. The molecule has 0 aromatic rings. The summed E-state index contributed by atoms with van der Waals surface area (Å²) >= 11 is 0. The number of likely N-dealkylation sites (N-methyl/N-ethyl adjacent to an activating group) is 10. The highest BCUT2D eigenvalue weighted by Crippen LogP contribution is 2.39. The van der Waals surface area contributed by atoms with Crippen LogP contribution in [0.5, 0.6) is 0 Å². The maximum Gasteiger partial charge on any atom is 0.308 e. The quantitative estimate of drug-likeness (QED) is 0.0530. The topological polar surface area (TPSA) is 305 Å². The lowest BCUT2D eigenvalue weighted by atomic mass is 10.0. The number of ketones is 1. The lowest BCUT2D eigenvalue weighted by Crippen LogP contribution is -2.49. The smallest absolute Gasteiger partial charge is 0.308 e. The number of hydrogen-bond donors (Lipinski definition) is 2. The predicted octanol–water partition coefficient (Wildman–Crippen LogP) is -1.67. The molecule has 0 aromatic carbocycles. The molecular formula is C52H90N12O15S2. The second-order valence-corrected chi connectivity index (χ2v) is 24.8. The zero-order chi connectivity index (χ0) is 62.8. The van der Waals surface area contributed by atoms with Gasteiger partial charge in [-0.3, -0.25) is 67.1 Å². The van der Waals surface area contributed by atoms with E-state index in [9.17, 15) is 67.1 Å². The molecule has 0 saturated carbocycles. The summed E-state index contributed by atoms with van der Waals surface area (Å²) in [7, 11) is 16.6. The highest BCUT2D eigenvalue weighted by molar-refractivity contribution is 8.77. The van der Waals surface area contributed by atoms with E-state index in [4.69, 9.17) is 4.74 Å². The van der Waals surface area contributed by atoms with E-state index in [1.54, 1.807) is 56.2 Å². The van der Waals surface area contributed by atoms with Crippen molar-refractivity contribution in [3.63, 3.8) is 0 Å². The molecule has 0 aliphatic carbocycles. The second kappa shape index (κ2) is 36.0. The number of carbonyl (C=O) groups is 14. The normalized spacial score (nSPS) is 11.8. The van der Waals surface area contributed by atoms with Crippen molar-refractivity contribution in [2.45, 2.75) is 90.7 Å². The first kappa shape index (κ1) is 74.5. The second-order valence-electron chi connectivity index (χ2n) is 21.5. The maximum atomic E-state index is 13.0. The van der Waals surface area contributed by atoms with Crippen LogP contribution in [-0.4, -0.2) is 297 Å². The van der Waals surface area contributed by atoms with Crippen molar-refractivity contribution in [2.24, 2.45) is 11.8 Å². The number of nitrogens with zero attached hydrogens (tertiary/aromatic N) is 10. The van der Waals surface area contributed by atoms with Crippen molar-refractivity contribution in [1.29, 1.82) is 0 Å². The molecule has 0 saturated heterocycles. The van der Waals surface area contributed by atoms with Crippen molar-refractivity contribution < 1.29 is 71.9 Å². The van der Waals surface area contributed by atoms with Crippen molar-refractivity contribution in [1.82, 2.24) is 59.6 Å². The SMILES string of the molecule is CC(CCC(=O)NCCC(=O)N(C)CC(=O)N(C)CC(=O)N(C)CC(=O)N(C)CC(=O)N(C)CC(=O)N(C)CC(=O)N(C)CC(=O)N(C)CC(=O)N(C)CC(=O)N(C)CC(=O)N[C@@H](C)C(=O)C(C)C)SSC(C)(C)COC(=O)C(C)C. The number of hydrogen-bond acceptors (Lipinski definition) is 17. The standard InChI is InChI=1S/C52H90N12O15S2/c1-34(2)50(77)37(6)54-39(66)23-55(9)41(68)25-57(11)43(70)27-59(13)45(72)29-61(15)47(74)31-63(17)49(76)32-64(18)48(75)30-62(16)46(73)28-60(14)44(71)26-58(12)42(69)24-56(10)40(67)21-22-53-38(65)20-19-36(5)80-81-52(7,8)33-79-51(78)35(3)4/h34-37H,19-33H2,1-18H3,(H,53,65)(H,54,66)/t36?,37-/m0/s1. The molecule has 29 heteroatoms. The molecule has 0 spiro atoms. The van der Waals surface area contributed by atoms with E-state index in [1.807, 2.05) is 20.8 Å². The van der Waals surface area contributed by atoms with Gasteiger partial charge in [0.1, 0.15) is 6.61 Å². The number of nitrogens with one attached hydrogen (secondary N) is 2. The first-order valence-corrected chi connectivity index (χ1v) is 28.5. The van der Waals surface area contributed by atoms with Crippen molar-refractivity contribution in [3.05, 3.63) is 0 Å². The Labute approximate surface area is 485 Å². The average Bonchev–Trinajstić information content (AvgIpc) is 3.37. The molecule has 27 nitrogen and oxygen atoms in total. The molecule has 0 bridgehead atoms. The third-order valence-corrected chi connectivity index (χ3v) is 16.1. The summed E-state index contributed by atoms with van der Waals surface area (Å²) in [6.45, 7) is 10.4. The summed E-state index contributed by atoms with van der Waals surface area (Å²) < 4.78 is 5.04. The first-order valence-electron chi connectivity index (χ1n) is 26.3. The van der Waals surface area contributed by atoms with Crippen LogP contribution in [0, 0.1) is 11.8 Å². The number of esters is 1.